The second kappa shape index (κ2) is 11.6. The first-order valence-corrected chi connectivity index (χ1v) is 13.9. The van der Waals surface area contributed by atoms with Crippen LogP contribution in [0, 0.1) is 5.82 Å². The highest BCUT2D eigenvalue weighted by Gasteiger charge is 2.25. The Morgan fingerprint density at radius 1 is 1.24 bits per heavy atom. The number of halogens is 1. The summed E-state index contributed by atoms with van der Waals surface area (Å²) in [5.41, 5.74) is 4.46. The molecule has 198 valence electrons. The summed E-state index contributed by atoms with van der Waals surface area (Å²) < 4.78 is 28.8. The van der Waals surface area contributed by atoms with Crippen LogP contribution >= 0.6 is 11.8 Å². The summed E-state index contributed by atoms with van der Waals surface area (Å²) in [7, 11) is 1.40. The molecule has 2 aliphatic heterocycles. The molecule has 1 saturated heterocycles. The number of carbonyl (C=O) groups excluding carboxylic acids is 1. The van der Waals surface area contributed by atoms with E-state index in [2.05, 4.69) is 10.1 Å². The maximum Gasteiger partial charge on any atom is 0.250 e. The molecule has 1 amide bonds. The summed E-state index contributed by atoms with van der Waals surface area (Å²) >= 11 is 1.96. The fourth-order valence-electron chi connectivity index (χ4n) is 4.98. The van der Waals surface area contributed by atoms with Crippen LogP contribution in [0.3, 0.4) is 0 Å². The van der Waals surface area contributed by atoms with Crippen LogP contribution in [0.4, 0.5) is 4.39 Å². The number of thioether (sulfide) groups is 1. The molecule has 11 heteroatoms. The highest BCUT2D eigenvalue weighted by Crippen LogP contribution is 2.31. The van der Waals surface area contributed by atoms with Crippen LogP contribution in [0.1, 0.15) is 37.4 Å². The van der Waals surface area contributed by atoms with Gasteiger partial charge >= 0.3 is 0 Å². The number of aryl methyl sites for hydroxylation is 1. The number of likely N-dealkylation sites (tertiary alicyclic amines) is 1. The standard InChI is InChI=1S/C26H33FN6O3S/c1-3-31-17-20(5-6-24(31)34)37-12-4-9-32-16-18(14-29-32)25-21-7-10-36-11-8-23(21)33(30-25)19-13-22(27)26(35-2)28-15-19/h13-16,20H,3-12,17H2,1-2H3. The van der Waals surface area contributed by atoms with Crippen LogP contribution in [0.15, 0.2) is 24.7 Å². The lowest BCUT2D eigenvalue weighted by Crippen LogP contribution is -2.41. The molecule has 9 nitrogen and oxygen atoms in total. The number of aromatic nitrogens is 5. The minimum Gasteiger partial charge on any atom is -0.479 e. The molecule has 0 aliphatic carbocycles. The molecule has 0 aromatic carbocycles. The minimum absolute atomic E-state index is 0.0374. The van der Waals surface area contributed by atoms with E-state index in [1.54, 1.807) is 10.9 Å². The topological polar surface area (TPSA) is 87.3 Å². The second-order valence-electron chi connectivity index (χ2n) is 9.29. The van der Waals surface area contributed by atoms with Gasteiger partial charge in [-0.3, -0.25) is 9.48 Å². The Morgan fingerprint density at radius 2 is 2.11 bits per heavy atom. The van der Waals surface area contributed by atoms with Crippen molar-refractivity contribution in [2.45, 2.75) is 50.8 Å². The van der Waals surface area contributed by atoms with Crippen LogP contribution < -0.4 is 4.74 Å². The van der Waals surface area contributed by atoms with E-state index >= 15 is 0 Å². The van der Waals surface area contributed by atoms with E-state index in [0.29, 0.717) is 37.0 Å². The van der Waals surface area contributed by atoms with Crippen molar-refractivity contribution in [1.29, 1.82) is 0 Å². The number of hydrogen-bond donors (Lipinski definition) is 0. The van der Waals surface area contributed by atoms with Crippen LogP contribution in [0.5, 0.6) is 5.88 Å². The van der Waals surface area contributed by atoms with Crippen LogP contribution in [-0.2, 0) is 28.9 Å². The zero-order valence-corrected chi connectivity index (χ0v) is 22.2. The summed E-state index contributed by atoms with van der Waals surface area (Å²) in [6.07, 6.45) is 9.51. The summed E-state index contributed by atoms with van der Waals surface area (Å²) in [6.45, 7) is 5.72. The number of pyridine rings is 1. The first kappa shape index (κ1) is 25.7. The number of fused-ring (bicyclic) bond motifs is 1. The summed E-state index contributed by atoms with van der Waals surface area (Å²) in [6, 6.07) is 1.40. The van der Waals surface area contributed by atoms with Gasteiger partial charge in [-0.1, -0.05) is 0 Å². The van der Waals surface area contributed by atoms with Gasteiger partial charge < -0.3 is 14.4 Å². The Kier molecular flexibility index (Phi) is 8.09. The highest BCUT2D eigenvalue weighted by atomic mass is 32.2. The average molecular weight is 529 g/mol. The molecule has 0 bridgehead atoms. The van der Waals surface area contributed by atoms with Gasteiger partial charge in [0.1, 0.15) is 0 Å². The quantitative estimate of drug-likeness (QED) is 0.393. The molecule has 0 radical (unpaired) electrons. The molecule has 3 aromatic heterocycles. The predicted octanol–water partition coefficient (Wildman–Crippen LogP) is 3.53. The van der Waals surface area contributed by atoms with Gasteiger partial charge in [-0.2, -0.15) is 22.0 Å². The number of ether oxygens (including phenoxy) is 2. The molecule has 2 aliphatic rings. The average Bonchev–Trinajstić information content (AvgIpc) is 3.44. The summed E-state index contributed by atoms with van der Waals surface area (Å²) in [5, 5.41) is 9.99. The molecule has 1 atom stereocenters. The number of piperidine rings is 1. The lowest BCUT2D eigenvalue weighted by molar-refractivity contribution is -0.132. The smallest absolute Gasteiger partial charge is 0.250 e. The zero-order valence-electron chi connectivity index (χ0n) is 21.4. The molecule has 0 saturated carbocycles. The molecule has 1 unspecified atom stereocenters. The number of nitrogens with zero attached hydrogens (tertiary/aromatic N) is 6. The van der Waals surface area contributed by atoms with E-state index in [4.69, 9.17) is 14.6 Å². The largest absolute Gasteiger partial charge is 0.479 e. The third-order valence-electron chi connectivity index (χ3n) is 6.93. The summed E-state index contributed by atoms with van der Waals surface area (Å²) in [4.78, 5) is 18.0. The Balaban J connectivity index is 1.28. The monoisotopic (exact) mass is 528 g/mol. The van der Waals surface area contributed by atoms with Crippen molar-refractivity contribution in [3.63, 3.8) is 0 Å². The van der Waals surface area contributed by atoms with Gasteiger partial charge in [0, 0.05) is 61.1 Å². The van der Waals surface area contributed by atoms with Gasteiger partial charge in [0.25, 0.3) is 0 Å². The lowest BCUT2D eigenvalue weighted by Gasteiger charge is -2.31. The summed E-state index contributed by atoms with van der Waals surface area (Å²) in [5.74, 6) is 0.750. The second-order valence-corrected chi connectivity index (χ2v) is 10.7. The van der Waals surface area contributed by atoms with E-state index in [1.165, 1.54) is 13.2 Å². The molecule has 5 rings (SSSR count). The van der Waals surface area contributed by atoms with Crippen molar-refractivity contribution in [3.05, 3.63) is 41.7 Å². The molecule has 0 N–H and O–H groups in total. The maximum atomic E-state index is 14.4. The van der Waals surface area contributed by atoms with Gasteiger partial charge in [0.05, 0.1) is 49.8 Å². The molecule has 3 aromatic rings. The van der Waals surface area contributed by atoms with Crippen LogP contribution in [0.25, 0.3) is 16.9 Å². The first-order chi connectivity index (χ1) is 18.1. The third-order valence-corrected chi connectivity index (χ3v) is 8.31. The van der Waals surface area contributed by atoms with E-state index in [9.17, 15) is 9.18 Å². The molecular weight excluding hydrogens is 495 g/mol. The maximum absolute atomic E-state index is 14.4. The van der Waals surface area contributed by atoms with E-state index < -0.39 is 5.82 Å². The molecule has 5 heterocycles. The highest BCUT2D eigenvalue weighted by molar-refractivity contribution is 7.99. The van der Waals surface area contributed by atoms with Gasteiger partial charge in [0.15, 0.2) is 5.82 Å². The fourth-order valence-corrected chi connectivity index (χ4v) is 6.18. The van der Waals surface area contributed by atoms with E-state index in [-0.39, 0.29) is 11.8 Å². The van der Waals surface area contributed by atoms with E-state index in [1.807, 2.05) is 40.7 Å². The molecule has 0 spiro atoms. The Hall–Kier alpha value is -2.92. The van der Waals surface area contributed by atoms with Crippen LogP contribution in [-0.4, -0.2) is 79.8 Å². The van der Waals surface area contributed by atoms with Crippen molar-refractivity contribution in [1.82, 2.24) is 29.4 Å². The number of amides is 1. The molecular formula is C26H33FN6O3S. The lowest BCUT2D eigenvalue weighted by atomic mass is 10.1. The fraction of sp³-hybridized carbons (Fsp3) is 0.538. The minimum atomic E-state index is -0.524. The number of methoxy groups -OCH3 is 1. The Morgan fingerprint density at radius 3 is 2.92 bits per heavy atom. The van der Waals surface area contributed by atoms with Gasteiger partial charge in [-0.25, -0.2) is 14.1 Å². The van der Waals surface area contributed by atoms with Crippen molar-refractivity contribution < 1.29 is 18.7 Å². The normalized spacial score (nSPS) is 18.1. The van der Waals surface area contributed by atoms with Crippen molar-refractivity contribution in [2.24, 2.45) is 0 Å². The zero-order chi connectivity index (χ0) is 25.8. The number of carbonyl (C=O) groups is 1. The third kappa shape index (κ3) is 5.67. The van der Waals surface area contributed by atoms with Crippen molar-refractivity contribution >= 4 is 17.7 Å². The van der Waals surface area contributed by atoms with Crippen LogP contribution in [0.2, 0.25) is 0 Å². The van der Waals surface area contributed by atoms with Gasteiger partial charge in [-0.15, -0.1) is 0 Å². The number of hydrogen-bond acceptors (Lipinski definition) is 7. The molecule has 1 fully saturated rings. The predicted molar refractivity (Wildman–Crippen MR) is 140 cm³/mol. The first-order valence-electron chi connectivity index (χ1n) is 12.9. The van der Waals surface area contributed by atoms with Gasteiger partial charge in [0.2, 0.25) is 11.8 Å². The van der Waals surface area contributed by atoms with E-state index in [0.717, 1.165) is 67.2 Å². The molecule has 37 heavy (non-hydrogen) atoms. The van der Waals surface area contributed by atoms with Crippen molar-refractivity contribution in [3.8, 4) is 22.8 Å². The van der Waals surface area contributed by atoms with Gasteiger partial charge in [-0.05, 0) is 31.9 Å². The Labute approximate surface area is 220 Å². The van der Waals surface area contributed by atoms with Crippen molar-refractivity contribution in [2.75, 3.05) is 39.2 Å². The SMILES string of the molecule is CCN1CC(SCCCn2cc(-c3nn(-c4cnc(OC)c(F)c4)c4c3CCOCC4)cn2)CCC1=O. The number of rotatable bonds is 9. The Bertz CT molecular complexity index is 1250.